The maximum Gasteiger partial charge on any atom is 0.220 e. The van der Waals surface area contributed by atoms with E-state index in [-0.39, 0.29) is 12.2 Å². The molecule has 3 nitrogen and oxygen atoms in total. The molecule has 0 N–H and O–H groups in total. The largest absolute Gasteiger partial charge is 0.364 e. The van der Waals surface area contributed by atoms with Gasteiger partial charge in [-0.2, -0.15) is 0 Å². The van der Waals surface area contributed by atoms with Gasteiger partial charge in [0.05, 0.1) is 0 Å². The van der Waals surface area contributed by atoms with Crippen LogP contribution >= 0.6 is 0 Å². The van der Waals surface area contributed by atoms with Crippen molar-refractivity contribution in [2.24, 2.45) is 0 Å². The Labute approximate surface area is 61.3 Å². The maximum absolute atomic E-state index is 5.29. The van der Waals surface area contributed by atoms with Crippen LogP contribution in [0.5, 0.6) is 0 Å². The first-order chi connectivity index (χ1) is 4.67. The molecule has 1 rings (SSSR count). The Morgan fingerprint density at radius 1 is 1.10 bits per heavy atom. The molecule has 0 bridgehead atoms. The van der Waals surface area contributed by atoms with Crippen LogP contribution in [0.15, 0.2) is 0 Å². The molecule has 2 unspecified atom stereocenters. The van der Waals surface area contributed by atoms with Crippen molar-refractivity contribution in [2.45, 2.75) is 31.8 Å². The lowest BCUT2D eigenvalue weighted by molar-refractivity contribution is -0.392. The quantitative estimate of drug-likeness (QED) is 0.539. The first-order valence-electron chi connectivity index (χ1n) is 3.43. The molecule has 1 aliphatic rings. The first kappa shape index (κ1) is 7.98. The van der Waals surface area contributed by atoms with E-state index in [2.05, 4.69) is 0 Å². The van der Waals surface area contributed by atoms with Crippen molar-refractivity contribution in [2.75, 3.05) is 14.2 Å². The Morgan fingerprint density at radius 2 is 1.50 bits per heavy atom. The first-order valence-corrected chi connectivity index (χ1v) is 3.43. The molecule has 0 amide bonds. The summed E-state index contributed by atoms with van der Waals surface area (Å²) < 4.78 is 15.7. The van der Waals surface area contributed by atoms with Gasteiger partial charge in [-0.15, -0.1) is 0 Å². The zero-order valence-electron chi connectivity index (χ0n) is 6.88. The van der Waals surface area contributed by atoms with E-state index in [4.69, 9.17) is 14.2 Å². The summed E-state index contributed by atoms with van der Waals surface area (Å²) in [6.07, 6.45) is 0.0787. The van der Waals surface area contributed by atoms with Crippen molar-refractivity contribution < 1.29 is 14.2 Å². The second-order valence-electron chi connectivity index (χ2n) is 2.55. The Kier molecular flexibility index (Phi) is 1.99. The topological polar surface area (TPSA) is 27.7 Å². The van der Waals surface area contributed by atoms with Gasteiger partial charge in [-0.05, 0) is 13.8 Å². The highest BCUT2D eigenvalue weighted by molar-refractivity contribution is 4.92. The molecule has 10 heavy (non-hydrogen) atoms. The Morgan fingerprint density at radius 3 is 1.60 bits per heavy atom. The van der Waals surface area contributed by atoms with Crippen LogP contribution in [0.1, 0.15) is 13.8 Å². The Hall–Kier alpha value is -0.120. The lowest BCUT2D eigenvalue weighted by atomic mass is 9.99. The molecular formula is C7H14O3. The van der Waals surface area contributed by atoms with Crippen molar-refractivity contribution in [3.8, 4) is 0 Å². The van der Waals surface area contributed by atoms with Crippen LogP contribution in [0, 0.1) is 0 Å². The van der Waals surface area contributed by atoms with Gasteiger partial charge in [0, 0.05) is 14.2 Å². The van der Waals surface area contributed by atoms with Crippen LogP contribution in [0.4, 0.5) is 0 Å². The SMILES string of the molecule is COC1(OC)C(C)OC1C. The minimum atomic E-state index is -0.500. The monoisotopic (exact) mass is 146 g/mol. The Balaban J connectivity index is 2.61. The summed E-state index contributed by atoms with van der Waals surface area (Å²) in [6.45, 7) is 3.88. The van der Waals surface area contributed by atoms with E-state index in [0.717, 1.165) is 0 Å². The highest BCUT2D eigenvalue weighted by Crippen LogP contribution is 2.35. The fraction of sp³-hybridized carbons (Fsp3) is 1.00. The molecule has 60 valence electrons. The van der Waals surface area contributed by atoms with Crippen molar-refractivity contribution in [3.63, 3.8) is 0 Å². The van der Waals surface area contributed by atoms with Crippen LogP contribution in [0.3, 0.4) is 0 Å². The standard InChI is InChI=1S/C7H14O3/c1-5-7(8-3,9-4)6(2)10-5/h5-6H,1-4H3. The zero-order chi connectivity index (χ0) is 7.78. The summed E-state index contributed by atoms with van der Waals surface area (Å²) in [5.74, 6) is -0.500. The molecule has 1 aliphatic heterocycles. The molecule has 0 aromatic carbocycles. The van der Waals surface area contributed by atoms with Gasteiger partial charge in [-0.25, -0.2) is 0 Å². The third kappa shape index (κ3) is 0.779. The van der Waals surface area contributed by atoms with E-state index in [0.29, 0.717) is 0 Å². The number of hydrogen-bond acceptors (Lipinski definition) is 3. The van der Waals surface area contributed by atoms with Crippen molar-refractivity contribution >= 4 is 0 Å². The van der Waals surface area contributed by atoms with Crippen LogP contribution in [0.25, 0.3) is 0 Å². The smallest absolute Gasteiger partial charge is 0.220 e. The predicted octanol–water partition coefficient (Wildman–Crippen LogP) is 0.783. The molecule has 3 heteroatoms. The average Bonchev–Trinajstić information content (AvgIpc) is 1.91. The molecule has 0 saturated carbocycles. The third-order valence-corrected chi connectivity index (χ3v) is 2.18. The lowest BCUT2D eigenvalue weighted by Crippen LogP contribution is -2.65. The minimum Gasteiger partial charge on any atom is -0.364 e. The highest BCUT2D eigenvalue weighted by Gasteiger charge is 2.53. The molecule has 0 aromatic heterocycles. The van der Waals surface area contributed by atoms with Crippen LogP contribution in [-0.2, 0) is 14.2 Å². The minimum absolute atomic E-state index is 0.0394. The second kappa shape index (κ2) is 2.49. The van der Waals surface area contributed by atoms with Gasteiger partial charge >= 0.3 is 0 Å². The second-order valence-corrected chi connectivity index (χ2v) is 2.55. The molecule has 0 radical (unpaired) electrons. The van der Waals surface area contributed by atoms with E-state index in [1.807, 2.05) is 13.8 Å². The van der Waals surface area contributed by atoms with E-state index < -0.39 is 5.79 Å². The molecular weight excluding hydrogens is 132 g/mol. The summed E-state index contributed by atoms with van der Waals surface area (Å²) >= 11 is 0. The van der Waals surface area contributed by atoms with E-state index >= 15 is 0 Å². The predicted molar refractivity (Wildman–Crippen MR) is 36.8 cm³/mol. The van der Waals surface area contributed by atoms with Gasteiger partial charge in [0.25, 0.3) is 0 Å². The van der Waals surface area contributed by atoms with Gasteiger partial charge in [-0.3, -0.25) is 0 Å². The average molecular weight is 146 g/mol. The van der Waals surface area contributed by atoms with Gasteiger partial charge in [-0.1, -0.05) is 0 Å². The molecule has 0 aromatic rings. The maximum atomic E-state index is 5.29. The van der Waals surface area contributed by atoms with E-state index in [1.165, 1.54) is 0 Å². The molecule has 2 atom stereocenters. The molecule has 1 fully saturated rings. The normalized spacial score (nSPS) is 37.2. The van der Waals surface area contributed by atoms with Crippen molar-refractivity contribution in [1.82, 2.24) is 0 Å². The highest BCUT2D eigenvalue weighted by atomic mass is 16.8. The summed E-state index contributed by atoms with van der Waals surface area (Å²) in [5.41, 5.74) is 0. The van der Waals surface area contributed by atoms with Crippen LogP contribution in [-0.4, -0.2) is 32.2 Å². The molecule has 1 heterocycles. The summed E-state index contributed by atoms with van der Waals surface area (Å²) in [7, 11) is 3.28. The van der Waals surface area contributed by atoms with E-state index in [1.54, 1.807) is 14.2 Å². The van der Waals surface area contributed by atoms with Gasteiger partial charge < -0.3 is 14.2 Å². The van der Waals surface area contributed by atoms with Gasteiger partial charge in [0.15, 0.2) is 0 Å². The number of ether oxygens (including phenoxy) is 3. The lowest BCUT2D eigenvalue weighted by Gasteiger charge is -2.50. The zero-order valence-corrected chi connectivity index (χ0v) is 6.88. The summed E-state index contributed by atoms with van der Waals surface area (Å²) in [4.78, 5) is 0. The summed E-state index contributed by atoms with van der Waals surface area (Å²) in [6, 6.07) is 0. The fourth-order valence-corrected chi connectivity index (χ4v) is 1.50. The molecule has 1 saturated heterocycles. The van der Waals surface area contributed by atoms with Crippen molar-refractivity contribution in [3.05, 3.63) is 0 Å². The molecule has 0 aliphatic carbocycles. The number of hydrogen-bond donors (Lipinski definition) is 0. The van der Waals surface area contributed by atoms with Crippen LogP contribution in [0.2, 0.25) is 0 Å². The molecule has 0 spiro atoms. The van der Waals surface area contributed by atoms with Gasteiger partial charge in [0.2, 0.25) is 5.79 Å². The fourth-order valence-electron chi connectivity index (χ4n) is 1.50. The number of methoxy groups -OCH3 is 2. The summed E-state index contributed by atoms with van der Waals surface area (Å²) in [5, 5.41) is 0. The Bertz CT molecular complexity index is 110. The van der Waals surface area contributed by atoms with Gasteiger partial charge in [0.1, 0.15) is 12.2 Å². The third-order valence-electron chi connectivity index (χ3n) is 2.18. The van der Waals surface area contributed by atoms with E-state index in [9.17, 15) is 0 Å². The van der Waals surface area contributed by atoms with Crippen LogP contribution < -0.4 is 0 Å². The number of rotatable bonds is 2. The van der Waals surface area contributed by atoms with Crippen molar-refractivity contribution in [1.29, 1.82) is 0 Å².